The van der Waals surface area contributed by atoms with Crippen molar-refractivity contribution in [3.63, 3.8) is 0 Å². The number of nitrogens with one attached hydrogen (secondary N) is 1. The number of furan rings is 1. The Morgan fingerprint density at radius 2 is 2.19 bits per heavy atom. The molecule has 1 aliphatic rings. The van der Waals surface area contributed by atoms with Crippen LogP contribution in [0.1, 0.15) is 22.2 Å². The van der Waals surface area contributed by atoms with Gasteiger partial charge >= 0.3 is 5.97 Å². The van der Waals surface area contributed by atoms with E-state index in [1.165, 1.54) is 22.9 Å². The number of aromatic nitrogens is 2. The van der Waals surface area contributed by atoms with Crippen molar-refractivity contribution in [3.8, 4) is 0 Å². The second-order valence-electron chi connectivity index (χ2n) is 7.61. The molecule has 0 radical (unpaired) electrons. The Kier molecular flexibility index (Phi) is 4.48. The van der Waals surface area contributed by atoms with Crippen LogP contribution in [0.2, 0.25) is 0 Å². The van der Waals surface area contributed by atoms with E-state index in [4.69, 9.17) is 4.42 Å². The summed E-state index contributed by atoms with van der Waals surface area (Å²) in [5.74, 6) is -0.951. The van der Waals surface area contributed by atoms with E-state index in [0.29, 0.717) is 41.9 Å². The molecule has 0 aliphatic carbocycles. The second kappa shape index (κ2) is 7.21. The lowest BCUT2D eigenvalue weighted by Crippen LogP contribution is -2.46. The van der Waals surface area contributed by atoms with E-state index in [1.54, 1.807) is 19.4 Å². The summed E-state index contributed by atoms with van der Waals surface area (Å²) < 4.78 is 22.1. The van der Waals surface area contributed by atoms with Crippen LogP contribution in [0.5, 0.6) is 0 Å². The number of halogens is 1. The molecule has 1 saturated heterocycles. The third-order valence-electron chi connectivity index (χ3n) is 5.64. The number of pyridine rings is 2. The Balaban J connectivity index is 1.61. The molecule has 0 amide bonds. The molecule has 8 nitrogen and oxygen atoms in total. The summed E-state index contributed by atoms with van der Waals surface area (Å²) in [4.78, 5) is 30.4. The summed E-state index contributed by atoms with van der Waals surface area (Å²) in [6.45, 7) is 1.82. The quantitative estimate of drug-likeness (QED) is 0.490. The molecule has 1 fully saturated rings. The molecule has 1 atom stereocenters. The van der Waals surface area contributed by atoms with Crippen LogP contribution < -0.4 is 15.6 Å². The van der Waals surface area contributed by atoms with Gasteiger partial charge in [-0.3, -0.25) is 4.79 Å². The minimum absolute atomic E-state index is 0.0568. The van der Waals surface area contributed by atoms with E-state index in [2.05, 4.69) is 10.3 Å². The standard InChI is InChI=1S/C22H19FN4O4/c1-26-10-14(22(29)30)20(28)13-7-12-8-15(23)18(9-16(12)25-21(13)26)27-5-4-24-17(11-27)19-3-2-6-31-19/h2-3,6-10,17,24H,4-5,11H2,1H3,(H,29,30). The minimum atomic E-state index is -1.31. The summed E-state index contributed by atoms with van der Waals surface area (Å²) in [5, 5.41) is 13.2. The zero-order chi connectivity index (χ0) is 21.7. The number of carboxylic acids is 1. The second-order valence-corrected chi connectivity index (χ2v) is 7.61. The number of aromatic carboxylic acids is 1. The number of benzene rings is 1. The van der Waals surface area contributed by atoms with Gasteiger partial charge in [-0.1, -0.05) is 0 Å². The zero-order valence-electron chi connectivity index (χ0n) is 16.6. The van der Waals surface area contributed by atoms with E-state index in [9.17, 15) is 14.7 Å². The highest BCUT2D eigenvalue weighted by Gasteiger charge is 2.25. The van der Waals surface area contributed by atoms with Crippen molar-refractivity contribution < 1.29 is 18.7 Å². The van der Waals surface area contributed by atoms with Crippen molar-refractivity contribution in [3.05, 3.63) is 70.2 Å². The number of nitrogens with zero attached hydrogens (tertiary/aromatic N) is 3. The van der Waals surface area contributed by atoms with Gasteiger partial charge in [-0.15, -0.1) is 0 Å². The number of carboxylic acid groups (broad SMARTS) is 1. The van der Waals surface area contributed by atoms with Crippen LogP contribution in [-0.2, 0) is 7.05 Å². The van der Waals surface area contributed by atoms with Crippen molar-refractivity contribution in [1.82, 2.24) is 14.9 Å². The molecule has 5 rings (SSSR count). The van der Waals surface area contributed by atoms with Crippen molar-refractivity contribution in [2.24, 2.45) is 7.05 Å². The predicted octanol–water partition coefficient (Wildman–Crippen LogP) is 2.67. The molecule has 1 unspecified atom stereocenters. The lowest BCUT2D eigenvalue weighted by molar-refractivity contribution is 0.0695. The molecule has 3 aromatic heterocycles. The average molecular weight is 422 g/mol. The van der Waals surface area contributed by atoms with Crippen LogP contribution in [-0.4, -0.2) is 40.3 Å². The number of hydrogen-bond acceptors (Lipinski definition) is 6. The first-order valence-corrected chi connectivity index (χ1v) is 9.81. The fourth-order valence-corrected chi connectivity index (χ4v) is 4.11. The lowest BCUT2D eigenvalue weighted by atomic mass is 10.1. The minimum Gasteiger partial charge on any atom is -0.477 e. The van der Waals surface area contributed by atoms with Crippen LogP contribution in [0, 0.1) is 5.82 Å². The molecule has 31 heavy (non-hydrogen) atoms. The maximum absolute atomic E-state index is 15.1. The largest absolute Gasteiger partial charge is 0.477 e. The number of hydrogen-bond donors (Lipinski definition) is 2. The van der Waals surface area contributed by atoms with Gasteiger partial charge < -0.3 is 24.3 Å². The normalized spacial score (nSPS) is 16.8. The maximum Gasteiger partial charge on any atom is 0.341 e. The highest BCUT2D eigenvalue weighted by molar-refractivity contribution is 5.96. The molecule has 9 heteroatoms. The molecule has 1 aliphatic heterocycles. The van der Waals surface area contributed by atoms with Crippen molar-refractivity contribution in [2.75, 3.05) is 24.5 Å². The molecule has 4 aromatic rings. The first kappa shape index (κ1) is 19.3. The summed E-state index contributed by atoms with van der Waals surface area (Å²) in [6.07, 6.45) is 2.86. The number of carbonyl (C=O) groups is 1. The highest BCUT2D eigenvalue weighted by atomic mass is 19.1. The summed E-state index contributed by atoms with van der Waals surface area (Å²) in [5.41, 5.74) is 0.300. The fourth-order valence-electron chi connectivity index (χ4n) is 4.11. The third kappa shape index (κ3) is 3.23. The third-order valence-corrected chi connectivity index (χ3v) is 5.64. The Labute approximate surface area is 175 Å². The molecule has 0 spiro atoms. The van der Waals surface area contributed by atoms with Gasteiger partial charge in [0, 0.05) is 38.3 Å². The lowest BCUT2D eigenvalue weighted by Gasteiger charge is -2.34. The summed E-state index contributed by atoms with van der Waals surface area (Å²) in [7, 11) is 1.63. The number of rotatable bonds is 3. The van der Waals surface area contributed by atoms with Crippen LogP contribution in [0.25, 0.3) is 21.9 Å². The summed E-state index contributed by atoms with van der Waals surface area (Å²) >= 11 is 0. The Bertz CT molecular complexity index is 1380. The van der Waals surface area contributed by atoms with Gasteiger partial charge in [-0.2, -0.15) is 0 Å². The monoisotopic (exact) mass is 422 g/mol. The van der Waals surface area contributed by atoms with E-state index < -0.39 is 17.2 Å². The maximum atomic E-state index is 15.1. The van der Waals surface area contributed by atoms with E-state index in [-0.39, 0.29) is 17.0 Å². The van der Waals surface area contributed by atoms with Gasteiger partial charge in [-0.05, 0) is 30.3 Å². The van der Waals surface area contributed by atoms with Gasteiger partial charge in [0.05, 0.1) is 28.9 Å². The van der Waals surface area contributed by atoms with Gasteiger partial charge in [0.15, 0.2) is 0 Å². The fraction of sp³-hybridized carbons (Fsp3) is 0.227. The molecule has 4 heterocycles. The summed E-state index contributed by atoms with van der Waals surface area (Å²) in [6, 6.07) is 8.17. The highest BCUT2D eigenvalue weighted by Crippen LogP contribution is 2.29. The Morgan fingerprint density at radius 3 is 2.94 bits per heavy atom. The number of aryl methyl sites for hydroxylation is 1. The molecule has 158 valence electrons. The molecular formula is C22H19FN4O4. The SMILES string of the molecule is Cn1cc(C(=O)O)c(=O)c2cc3cc(F)c(N4CCNC(c5ccco5)C4)cc3nc21. The average Bonchev–Trinajstić information content (AvgIpc) is 3.30. The van der Waals surface area contributed by atoms with Gasteiger partial charge in [0.1, 0.15) is 22.8 Å². The molecule has 1 aromatic carbocycles. The van der Waals surface area contributed by atoms with Gasteiger partial charge in [-0.25, -0.2) is 14.2 Å². The smallest absolute Gasteiger partial charge is 0.341 e. The van der Waals surface area contributed by atoms with Gasteiger partial charge in [0.2, 0.25) is 5.43 Å². The predicted molar refractivity (Wildman–Crippen MR) is 113 cm³/mol. The van der Waals surface area contributed by atoms with Crippen LogP contribution in [0.3, 0.4) is 0 Å². The van der Waals surface area contributed by atoms with Crippen molar-refractivity contribution in [2.45, 2.75) is 6.04 Å². The zero-order valence-corrected chi connectivity index (χ0v) is 16.6. The van der Waals surface area contributed by atoms with Crippen molar-refractivity contribution in [1.29, 1.82) is 0 Å². The van der Waals surface area contributed by atoms with Crippen LogP contribution in [0.4, 0.5) is 10.1 Å². The van der Waals surface area contributed by atoms with Gasteiger partial charge in [0.25, 0.3) is 0 Å². The molecule has 2 N–H and O–H groups in total. The number of piperazine rings is 1. The first-order chi connectivity index (χ1) is 14.9. The number of fused-ring (bicyclic) bond motifs is 2. The van der Waals surface area contributed by atoms with E-state index in [0.717, 1.165) is 5.76 Å². The van der Waals surface area contributed by atoms with Crippen LogP contribution >= 0.6 is 0 Å². The molecule has 0 bridgehead atoms. The van der Waals surface area contributed by atoms with E-state index >= 15 is 4.39 Å². The number of anilines is 1. The van der Waals surface area contributed by atoms with E-state index in [1.807, 2.05) is 17.0 Å². The van der Waals surface area contributed by atoms with Crippen LogP contribution in [0.15, 0.2) is 52.0 Å². The molecular weight excluding hydrogens is 403 g/mol. The van der Waals surface area contributed by atoms with Crippen molar-refractivity contribution >= 4 is 33.6 Å². The Hall–Kier alpha value is -3.72. The molecule has 0 saturated carbocycles. The first-order valence-electron chi connectivity index (χ1n) is 9.81. The Morgan fingerprint density at radius 1 is 1.35 bits per heavy atom. The topological polar surface area (TPSA) is 101 Å².